The monoisotopic (exact) mass is 248 g/mol. The van der Waals surface area contributed by atoms with Gasteiger partial charge in [0.2, 0.25) is 0 Å². The molecule has 0 bridgehead atoms. The van der Waals surface area contributed by atoms with Crippen LogP contribution in [0.25, 0.3) is 0 Å². The van der Waals surface area contributed by atoms with E-state index in [1.54, 1.807) is 6.20 Å². The van der Waals surface area contributed by atoms with E-state index in [1.807, 2.05) is 19.1 Å². The van der Waals surface area contributed by atoms with Gasteiger partial charge < -0.3 is 5.73 Å². The quantitative estimate of drug-likeness (QED) is 0.907. The van der Waals surface area contributed by atoms with E-state index in [4.69, 9.17) is 5.73 Å². The van der Waals surface area contributed by atoms with Crippen LogP contribution in [0.1, 0.15) is 22.9 Å². The van der Waals surface area contributed by atoms with Crippen LogP contribution in [0.15, 0.2) is 36.5 Å². The Morgan fingerprint density at radius 2 is 1.83 bits per heavy atom. The van der Waals surface area contributed by atoms with Gasteiger partial charge in [0.1, 0.15) is 11.6 Å². The van der Waals surface area contributed by atoms with Gasteiger partial charge in [0.05, 0.1) is 0 Å². The van der Waals surface area contributed by atoms with E-state index in [0.717, 1.165) is 11.3 Å². The Hall–Kier alpha value is -1.81. The second-order valence-electron chi connectivity index (χ2n) is 4.21. The standard InChI is InChI=1S/C14H14F2N2/c1-9-4-3-7-18-13(9)8-12(17)14-10(15)5-2-6-11(14)16/h2-7,12H,8,17H2,1H3. The van der Waals surface area contributed by atoms with Crippen LogP contribution in [0, 0.1) is 18.6 Å². The number of rotatable bonds is 3. The number of hydrogen-bond donors (Lipinski definition) is 1. The van der Waals surface area contributed by atoms with Gasteiger partial charge in [-0.1, -0.05) is 12.1 Å². The predicted molar refractivity (Wildman–Crippen MR) is 66.0 cm³/mol. The summed E-state index contributed by atoms with van der Waals surface area (Å²) in [6, 6.07) is 6.72. The summed E-state index contributed by atoms with van der Waals surface area (Å²) in [7, 11) is 0. The van der Waals surface area contributed by atoms with Crippen LogP contribution in [-0.4, -0.2) is 4.98 Å². The molecule has 2 N–H and O–H groups in total. The van der Waals surface area contributed by atoms with Crippen molar-refractivity contribution < 1.29 is 8.78 Å². The number of benzene rings is 1. The minimum atomic E-state index is -0.736. The third-order valence-electron chi connectivity index (χ3n) is 2.90. The summed E-state index contributed by atoms with van der Waals surface area (Å²) in [4.78, 5) is 4.18. The highest BCUT2D eigenvalue weighted by molar-refractivity contribution is 5.26. The van der Waals surface area contributed by atoms with E-state index in [9.17, 15) is 8.78 Å². The highest BCUT2D eigenvalue weighted by Gasteiger charge is 2.17. The molecule has 2 rings (SSSR count). The van der Waals surface area contributed by atoms with Gasteiger partial charge in [0.15, 0.2) is 0 Å². The summed E-state index contributed by atoms with van der Waals surface area (Å²) < 4.78 is 27.1. The molecule has 1 heterocycles. The van der Waals surface area contributed by atoms with Crippen molar-refractivity contribution in [2.45, 2.75) is 19.4 Å². The van der Waals surface area contributed by atoms with Crippen molar-refractivity contribution in [1.82, 2.24) is 4.98 Å². The van der Waals surface area contributed by atoms with Crippen molar-refractivity contribution in [2.75, 3.05) is 0 Å². The molecule has 0 aliphatic carbocycles. The molecule has 0 radical (unpaired) electrons. The van der Waals surface area contributed by atoms with Gasteiger partial charge in [-0.15, -0.1) is 0 Å². The molecule has 1 aromatic heterocycles. The number of halogens is 2. The van der Waals surface area contributed by atoms with E-state index in [1.165, 1.54) is 18.2 Å². The van der Waals surface area contributed by atoms with Gasteiger partial charge in [-0.25, -0.2) is 8.78 Å². The second kappa shape index (κ2) is 5.23. The number of aromatic nitrogens is 1. The fraction of sp³-hybridized carbons (Fsp3) is 0.214. The minimum absolute atomic E-state index is 0.0810. The van der Waals surface area contributed by atoms with Crippen molar-refractivity contribution in [2.24, 2.45) is 5.73 Å². The number of aryl methyl sites for hydroxylation is 1. The third-order valence-corrected chi connectivity index (χ3v) is 2.90. The first-order valence-electron chi connectivity index (χ1n) is 5.69. The summed E-state index contributed by atoms with van der Waals surface area (Å²) in [5, 5.41) is 0. The molecule has 0 saturated heterocycles. The Labute approximate surface area is 104 Å². The van der Waals surface area contributed by atoms with Crippen LogP contribution in [-0.2, 0) is 6.42 Å². The molecular formula is C14H14F2N2. The topological polar surface area (TPSA) is 38.9 Å². The van der Waals surface area contributed by atoms with E-state index in [0.29, 0.717) is 6.42 Å². The van der Waals surface area contributed by atoms with Gasteiger partial charge in [0.25, 0.3) is 0 Å². The van der Waals surface area contributed by atoms with Crippen molar-refractivity contribution in [3.8, 4) is 0 Å². The van der Waals surface area contributed by atoms with Crippen molar-refractivity contribution >= 4 is 0 Å². The lowest BCUT2D eigenvalue weighted by molar-refractivity contribution is 0.522. The molecule has 94 valence electrons. The molecule has 0 saturated carbocycles. The third kappa shape index (κ3) is 2.54. The molecule has 0 aliphatic heterocycles. The lowest BCUT2D eigenvalue weighted by Crippen LogP contribution is -2.18. The molecule has 0 aliphatic rings. The SMILES string of the molecule is Cc1cccnc1CC(N)c1c(F)cccc1F. The number of hydrogen-bond acceptors (Lipinski definition) is 2. The minimum Gasteiger partial charge on any atom is -0.323 e. The first kappa shape index (κ1) is 12.6. The Morgan fingerprint density at radius 3 is 2.44 bits per heavy atom. The lowest BCUT2D eigenvalue weighted by atomic mass is 9.99. The van der Waals surface area contributed by atoms with Crippen LogP contribution in [0.4, 0.5) is 8.78 Å². The van der Waals surface area contributed by atoms with Crippen molar-refractivity contribution in [1.29, 1.82) is 0 Å². The fourth-order valence-electron chi connectivity index (χ4n) is 1.91. The first-order valence-corrected chi connectivity index (χ1v) is 5.69. The molecule has 2 nitrogen and oxygen atoms in total. The van der Waals surface area contributed by atoms with Gasteiger partial charge in [-0.2, -0.15) is 0 Å². The predicted octanol–water partition coefficient (Wildman–Crippen LogP) is 2.91. The Bertz CT molecular complexity index is 535. The smallest absolute Gasteiger partial charge is 0.130 e. The molecule has 1 atom stereocenters. The normalized spacial score (nSPS) is 12.4. The van der Waals surface area contributed by atoms with Crippen LogP contribution in [0.3, 0.4) is 0 Å². The highest BCUT2D eigenvalue weighted by Crippen LogP contribution is 2.22. The zero-order chi connectivity index (χ0) is 13.1. The molecular weight excluding hydrogens is 234 g/mol. The number of nitrogens with zero attached hydrogens (tertiary/aromatic N) is 1. The molecule has 0 fully saturated rings. The molecule has 0 spiro atoms. The van der Waals surface area contributed by atoms with Crippen LogP contribution in [0.2, 0.25) is 0 Å². The van der Waals surface area contributed by atoms with Crippen LogP contribution >= 0.6 is 0 Å². The first-order chi connectivity index (χ1) is 8.59. The Balaban J connectivity index is 2.28. The number of pyridine rings is 1. The Kier molecular flexibility index (Phi) is 3.67. The average molecular weight is 248 g/mol. The van der Waals surface area contributed by atoms with Crippen molar-refractivity contribution in [3.05, 3.63) is 65.0 Å². The lowest BCUT2D eigenvalue weighted by Gasteiger charge is -2.14. The largest absolute Gasteiger partial charge is 0.323 e. The Morgan fingerprint density at radius 1 is 1.17 bits per heavy atom. The fourth-order valence-corrected chi connectivity index (χ4v) is 1.91. The molecule has 2 aromatic rings. The van der Waals surface area contributed by atoms with E-state index in [-0.39, 0.29) is 5.56 Å². The highest BCUT2D eigenvalue weighted by atomic mass is 19.1. The summed E-state index contributed by atoms with van der Waals surface area (Å²) in [6.07, 6.45) is 1.96. The maximum absolute atomic E-state index is 13.6. The summed E-state index contributed by atoms with van der Waals surface area (Å²) in [6.45, 7) is 1.90. The van der Waals surface area contributed by atoms with Gasteiger partial charge in [-0.3, -0.25) is 4.98 Å². The molecule has 1 unspecified atom stereocenters. The van der Waals surface area contributed by atoms with Gasteiger partial charge >= 0.3 is 0 Å². The summed E-state index contributed by atoms with van der Waals surface area (Å²) >= 11 is 0. The van der Waals surface area contributed by atoms with Crippen LogP contribution in [0.5, 0.6) is 0 Å². The van der Waals surface area contributed by atoms with E-state index < -0.39 is 17.7 Å². The zero-order valence-electron chi connectivity index (χ0n) is 10.0. The second-order valence-corrected chi connectivity index (χ2v) is 4.21. The van der Waals surface area contributed by atoms with E-state index >= 15 is 0 Å². The maximum Gasteiger partial charge on any atom is 0.130 e. The summed E-state index contributed by atoms with van der Waals surface area (Å²) in [5.74, 6) is -1.23. The van der Waals surface area contributed by atoms with E-state index in [2.05, 4.69) is 4.98 Å². The molecule has 4 heteroatoms. The van der Waals surface area contributed by atoms with Gasteiger partial charge in [-0.05, 0) is 30.7 Å². The van der Waals surface area contributed by atoms with Crippen LogP contribution < -0.4 is 5.73 Å². The molecule has 18 heavy (non-hydrogen) atoms. The number of nitrogens with two attached hydrogens (primary N) is 1. The van der Waals surface area contributed by atoms with Gasteiger partial charge in [0, 0.05) is 29.9 Å². The molecule has 0 amide bonds. The summed E-state index contributed by atoms with van der Waals surface area (Å²) in [5.41, 5.74) is 7.52. The molecule has 1 aromatic carbocycles. The van der Waals surface area contributed by atoms with Crippen molar-refractivity contribution in [3.63, 3.8) is 0 Å². The average Bonchev–Trinajstić information content (AvgIpc) is 2.32. The zero-order valence-corrected chi connectivity index (χ0v) is 10.0. The maximum atomic E-state index is 13.6.